The fraction of sp³-hybridized carbons (Fsp3) is 0.308. The van der Waals surface area contributed by atoms with Gasteiger partial charge < -0.3 is 9.88 Å². The molecule has 0 bridgehead atoms. The van der Waals surface area contributed by atoms with Gasteiger partial charge in [-0.15, -0.1) is 0 Å². The number of fused-ring (bicyclic) bond motifs is 1. The monoisotopic (exact) mass is 256 g/mol. The molecule has 0 atom stereocenters. The van der Waals surface area contributed by atoms with E-state index in [1.54, 1.807) is 12.5 Å². The van der Waals surface area contributed by atoms with Crippen LogP contribution in [0, 0.1) is 6.92 Å². The number of hydrogen-bond acceptors (Lipinski definition) is 4. The number of pyridine rings is 1. The van der Waals surface area contributed by atoms with Crippen LogP contribution in [0.2, 0.25) is 0 Å². The Morgan fingerprint density at radius 2 is 2.11 bits per heavy atom. The van der Waals surface area contributed by atoms with Gasteiger partial charge in [0.1, 0.15) is 5.52 Å². The van der Waals surface area contributed by atoms with Gasteiger partial charge in [-0.05, 0) is 13.0 Å². The minimum atomic E-state index is 0.697. The van der Waals surface area contributed by atoms with E-state index in [0.29, 0.717) is 6.54 Å². The van der Waals surface area contributed by atoms with E-state index in [4.69, 9.17) is 0 Å². The summed E-state index contributed by atoms with van der Waals surface area (Å²) in [7, 11) is 3.92. The first-order valence-electron chi connectivity index (χ1n) is 6.14. The second-order valence-electron chi connectivity index (χ2n) is 4.62. The van der Waals surface area contributed by atoms with Gasteiger partial charge in [0, 0.05) is 38.1 Å². The van der Waals surface area contributed by atoms with Crippen molar-refractivity contribution in [3.63, 3.8) is 0 Å². The normalized spacial score (nSPS) is 11.1. The van der Waals surface area contributed by atoms with Crippen LogP contribution in [0.25, 0.3) is 11.0 Å². The topological polar surface area (TPSA) is 60.6 Å². The molecule has 0 saturated carbocycles. The summed E-state index contributed by atoms with van der Waals surface area (Å²) in [6.07, 6.45) is 5.47. The van der Waals surface area contributed by atoms with Crippen molar-refractivity contribution in [3.05, 3.63) is 36.0 Å². The highest BCUT2D eigenvalue weighted by atomic mass is 15.3. The predicted molar refractivity (Wildman–Crippen MR) is 73.8 cm³/mol. The van der Waals surface area contributed by atoms with E-state index < -0.39 is 0 Å². The summed E-state index contributed by atoms with van der Waals surface area (Å²) in [6, 6.07) is 1.96. The zero-order valence-corrected chi connectivity index (χ0v) is 11.3. The average Bonchev–Trinajstić information content (AvgIpc) is 2.94. The number of imidazole rings is 1. The smallest absolute Gasteiger partial charge is 0.154 e. The highest BCUT2D eigenvalue weighted by Crippen LogP contribution is 2.19. The average molecular weight is 256 g/mol. The lowest BCUT2D eigenvalue weighted by atomic mass is 10.2. The first-order chi connectivity index (χ1) is 9.16. The fourth-order valence-electron chi connectivity index (χ4n) is 2.09. The summed E-state index contributed by atoms with van der Waals surface area (Å²) in [5.41, 5.74) is 4.28. The third-order valence-corrected chi connectivity index (χ3v) is 3.43. The van der Waals surface area contributed by atoms with Crippen molar-refractivity contribution in [2.45, 2.75) is 13.5 Å². The molecule has 0 amide bonds. The number of aromatic nitrogens is 5. The maximum Gasteiger partial charge on any atom is 0.154 e. The lowest BCUT2D eigenvalue weighted by Crippen LogP contribution is -2.03. The standard InChI is InChI=1S/C13H16N6/c1-9-10(7-17-19(9)3)6-15-13-12-11(4-5-14-13)18(2)8-16-12/h4-5,7-8H,6H2,1-3H3,(H,14,15). The van der Waals surface area contributed by atoms with Gasteiger partial charge in [0.2, 0.25) is 0 Å². The third kappa shape index (κ3) is 1.95. The van der Waals surface area contributed by atoms with E-state index in [1.165, 1.54) is 0 Å². The summed E-state index contributed by atoms with van der Waals surface area (Å²) >= 11 is 0. The molecule has 0 unspecified atom stereocenters. The molecule has 0 spiro atoms. The van der Waals surface area contributed by atoms with Crippen molar-refractivity contribution in [2.75, 3.05) is 5.32 Å². The minimum Gasteiger partial charge on any atom is -0.364 e. The Morgan fingerprint density at radius 3 is 2.84 bits per heavy atom. The van der Waals surface area contributed by atoms with Crippen LogP contribution >= 0.6 is 0 Å². The van der Waals surface area contributed by atoms with E-state index >= 15 is 0 Å². The van der Waals surface area contributed by atoms with Crippen molar-refractivity contribution >= 4 is 16.9 Å². The summed E-state index contributed by atoms with van der Waals surface area (Å²) in [5, 5.41) is 7.56. The molecule has 1 N–H and O–H groups in total. The van der Waals surface area contributed by atoms with Crippen LogP contribution in [-0.2, 0) is 20.6 Å². The fourth-order valence-corrected chi connectivity index (χ4v) is 2.09. The quantitative estimate of drug-likeness (QED) is 0.773. The van der Waals surface area contributed by atoms with E-state index in [1.807, 2.05) is 35.6 Å². The number of nitrogens with one attached hydrogen (secondary N) is 1. The van der Waals surface area contributed by atoms with Gasteiger partial charge in [-0.3, -0.25) is 4.68 Å². The predicted octanol–water partition coefficient (Wildman–Crippen LogP) is 1.62. The van der Waals surface area contributed by atoms with Gasteiger partial charge in [0.05, 0.1) is 18.0 Å². The Hall–Kier alpha value is -2.37. The van der Waals surface area contributed by atoms with Gasteiger partial charge in [-0.1, -0.05) is 0 Å². The molecular formula is C13H16N6. The molecule has 6 heteroatoms. The molecule has 6 nitrogen and oxygen atoms in total. The highest BCUT2D eigenvalue weighted by Gasteiger charge is 2.08. The maximum atomic E-state index is 4.38. The first-order valence-corrected chi connectivity index (χ1v) is 6.14. The van der Waals surface area contributed by atoms with E-state index in [0.717, 1.165) is 28.1 Å². The van der Waals surface area contributed by atoms with Gasteiger partial charge >= 0.3 is 0 Å². The molecule has 98 valence electrons. The number of aryl methyl sites for hydroxylation is 2. The van der Waals surface area contributed by atoms with Crippen molar-refractivity contribution in [1.82, 2.24) is 24.3 Å². The Labute approximate surface area is 111 Å². The number of anilines is 1. The lowest BCUT2D eigenvalue weighted by molar-refractivity contribution is 0.738. The molecule has 19 heavy (non-hydrogen) atoms. The van der Waals surface area contributed by atoms with Gasteiger partial charge in [0.15, 0.2) is 5.82 Å². The lowest BCUT2D eigenvalue weighted by Gasteiger charge is -2.06. The van der Waals surface area contributed by atoms with E-state index in [2.05, 4.69) is 27.3 Å². The summed E-state index contributed by atoms with van der Waals surface area (Å²) < 4.78 is 3.85. The molecule has 0 saturated heterocycles. The summed E-state index contributed by atoms with van der Waals surface area (Å²) in [5.74, 6) is 0.807. The Balaban J connectivity index is 1.88. The molecule has 0 aliphatic rings. The van der Waals surface area contributed by atoms with Crippen molar-refractivity contribution in [2.24, 2.45) is 14.1 Å². The van der Waals surface area contributed by atoms with Crippen LogP contribution in [0.4, 0.5) is 5.82 Å². The molecule has 3 aromatic rings. The largest absolute Gasteiger partial charge is 0.364 e. The van der Waals surface area contributed by atoms with Crippen LogP contribution in [0.5, 0.6) is 0 Å². The molecule has 3 rings (SSSR count). The van der Waals surface area contributed by atoms with Gasteiger partial charge in [-0.25, -0.2) is 9.97 Å². The number of hydrogen-bond donors (Lipinski definition) is 1. The van der Waals surface area contributed by atoms with E-state index in [-0.39, 0.29) is 0 Å². The van der Waals surface area contributed by atoms with Crippen LogP contribution in [0.1, 0.15) is 11.3 Å². The van der Waals surface area contributed by atoms with Crippen molar-refractivity contribution in [1.29, 1.82) is 0 Å². The van der Waals surface area contributed by atoms with E-state index in [9.17, 15) is 0 Å². The zero-order valence-electron chi connectivity index (χ0n) is 11.3. The Bertz CT molecular complexity index is 724. The van der Waals surface area contributed by atoms with Crippen LogP contribution in [0.15, 0.2) is 24.8 Å². The minimum absolute atomic E-state index is 0.697. The van der Waals surface area contributed by atoms with Crippen molar-refractivity contribution < 1.29 is 0 Å². The first kappa shape index (κ1) is 11.7. The van der Waals surface area contributed by atoms with Gasteiger partial charge in [-0.2, -0.15) is 5.10 Å². The molecule has 0 aromatic carbocycles. The Kier molecular flexibility index (Phi) is 2.70. The molecule has 0 aliphatic carbocycles. The van der Waals surface area contributed by atoms with Gasteiger partial charge in [0.25, 0.3) is 0 Å². The molecule has 0 aliphatic heterocycles. The second kappa shape index (κ2) is 4.38. The molecule has 0 fully saturated rings. The SMILES string of the molecule is Cc1c(CNc2nccc3c2ncn3C)cnn1C. The second-order valence-corrected chi connectivity index (χ2v) is 4.62. The van der Waals surface area contributed by atoms with Crippen LogP contribution in [-0.4, -0.2) is 24.3 Å². The number of nitrogens with zero attached hydrogens (tertiary/aromatic N) is 5. The molecule has 3 heterocycles. The molecular weight excluding hydrogens is 240 g/mol. The zero-order chi connectivity index (χ0) is 13.4. The van der Waals surface area contributed by atoms with Crippen LogP contribution < -0.4 is 5.32 Å². The van der Waals surface area contributed by atoms with Crippen LogP contribution in [0.3, 0.4) is 0 Å². The molecule has 3 aromatic heterocycles. The maximum absolute atomic E-state index is 4.38. The number of rotatable bonds is 3. The third-order valence-electron chi connectivity index (χ3n) is 3.43. The summed E-state index contributed by atoms with van der Waals surface area (Å²) in [6.45, 7) is 2.75. The van der Waals surface area contributed by atoms with Crippen molar-refractivity contribution in [3.8, 4) is 0 Å². The Morgan fingerprint density at radius 1 is 1.26 bits per heavy atom. The molecule has 0 radical (unpaired) electrons. The highest BCUT2D eigenvalue weighted by molar-refractivity contribution is 5.85. The summed E-state index contributed by atoms with van der Waals surface area (Å²) in [4.78, 5) is 8.73.